The van der Waals surface area contributed by atoms with Crippen LogP contribution in [0, 0.1) is 0 Å². The van der Waals surface area contributed by atoms with E-state index in [-0.39, 0.29) is 19.1 Å². The number of H-pyrrole nitrogens is 1. The third-order valence-electron chi connectivity index (χ3n) is 8.75. The predicted octanol–water partition coefficient (Wildman–Crippen LogP) is 7.77. The van der Waals surface area contributed by atoms with Gasteiger partial charge in [-0.1, -0.05) is 25.3 Å². The first-order valence-corrected chi connectivity index (χ1v) is 17.8. The first-order chi connectivity index (χ1) is 24.2. The van der Waals surface area contributed by atoms with Gasteiger partial charge in [0.25, 0.3) is 5.91 Å². The van der Waals surface area contributed by atoms with Gasteiger partial charge in [0, 0.05) is 22.7 Å². The van der Waals surface area contributed by atoms with Crippen molar-refractivity contribution in [1.29, 1.82) is 0 Å². The number of aromatic amines is 1. The molecule has 7 rings (SSSR count). The van der Waals surface area contributed by atoms with Crippen molar-refractivity contribution < 1.29 is 19.1 Å². The monoisotopic (exact) mass is 689 g/mol. The third kappa shape index (κ3) is 7.45. The Morgan fingerprint density at radius 3 is 2.48 bits per heavy atom. The van der Waals surface area contributed by atoms with Crippen molar-refractivity contribution in [2.75, 3.05) is 6.54 Å². The lowest BCUT2D eigenvalue weighted by Gasteiger charge is -2.25. The molecule has 1 amide bonds. The number of rotatable bonds is 10. The summed E-state index contributed by atoms with van der Waals surface area (Å²) in [7, 11) is 0. The van der Waals surface area contributed by atoms with E-state index < -0.39 is 11.6 Å². The molecular formula is C38H39N7O4S. The number of fused-ring (bicyclic) bond motifs is 1. The number of thiophene rings is 1. The summed E-state index contributed by atoms with van der Waals surface area (Å²) in [6.45, 7) is 5.41. The van der Waals surface area contributed by atoms with E-state index in [1.165, 1.54) is 19.3 Å². The minimum Gasteiger partial charge on any atom is -0.489 e. The average Bonchev–Trinajstić information content (AvgIpc) is 3.91. The fourth-order valence-corrected chi connectivity index (χ4v) is 7.14. The summed E-state index contributed by atoms with van der Waals surface area (Å²) in [5, 5.41) is 21.3. The maximum absolute atomic E-state index is 13.0. The molecule has 12 heteroatoms. The minimum atomic E-state index is -0.627. The molecule has 1 fully saturated rings. The van der Waals surface area contributed by atoms with Gasteiger partial charge in [-0.3, -0.25) is 9.59 Å². The minimum absolute atomic E-state index is 0.213. The highest BCUT2D eigenvalue weighted by atomic mass is 32.1. The van der Waals surface area contributed by atoms with Crippen LogP contribution in [0.5, 0.6) is 5.75 Å². The van der Waals surface area contributed by atoms with Gasteiger partial charge in [0.15, 0.2) is 0 Å². The molecule has 1 aliphatic rings. The molecule has 0 atom stereocenters. The van der Waals surface area contributed by atoms with Crippen LogP contribution in [0.2, 0.25) is 0 Å². The fraction of sp³-hybridized carbons (Fsp3) is 0.316. The Kier molecular flexibility index (Phi) is 9.44. The Bertz CT molecular complexity index is 2090. The highest BCUT2D eigenvalue weighted by Gasteiger charge is 2.23. The number of ether oxygens (including phenoxy) is 2. The lowest BCUT2D eigenvalue weighted by atomic mass is 9.95. The van der Waals surface area contributed by atoms with Gasteiger partial charge in [-0.15, -0.1) is 10.2 Å². The van der Waals surface area contributed by atoms with Crippen LogP contribution in [0.4, 0.5) is 0 Å². The van der Waals surface area contributed by atoms with Gasteiger partial charge < -0.3 is 19.4 Å². The molecule has 0 spiro atoms. The highest BCUT2D eigenvalue weighted by molar-refractivity contribution is 7.08. The maximum atomic E-state index is 13.0. The third-order valence-corrected chi connectivity index (χ3v) is 9.44. The van der Waals surface area contributed by atoms with Crippen molar-refractivity contribution in [3.05, 3.63) is 88.6 Å². The second kappa shape index (κ2) is 14.2. The molecule has 6 aromatic rings. The average molecular weight is 690 g/mol. The molecule has 1 saturated carbocycles. The second-order valence-corrected chi connectivity index (χ2v) is 14.3. The number of esters is 1. The summed E-state index contributed by atoms with van der Waals surface area (Å²) in [5.41, 5.74) is 6.54. The summed E-state index contributed by atoms with van der Waals surface area (Å²) < 4.78 is 14.0. The summed E-state index contributed by atoms with van der Waals surface area (Å²) in [6, 6.07) is 22.1. The lowest BCUT2D eigenvalue weighted by Crippen LogP contribution is -2.34. The number of imidazole rings is 1. The van der Waals surface area contributed by atoms with Gasteiger partial charge in [0.2, 0.25) is 5.82 Å². The van der Waals surface area contributed by atoms with Gasteiger partial charge in [0.05, 0.1) is 11.0 Å². The van der Waals surface area contributed by atoms with Crippen LogP contribution < -0.4 is 10.1 Å². The number of hydrogen-bond donors (Lipinski definition) is 2. The number of amides is 1. The van der Waals surface area contributed by atoms with E-state index in [1.807, 2.05) is 47.8 Å². The molecule has 0 unspecified atom stereocenters. The number of nitrogens with zero attached hydrogens (tertiary/aromatic N) is 5. The quantitative estimate of drug-likeness (QED) is 0.139. The summed E-state index contributed by atoms with van der Waals surface area (Å²) >= 11 is 1.61. The molecule has 2 N–H and O–H groups in total. The Morgan fingerprint density at radius 1 is 0.960 bits per heavy atom. The molecule has 50 heavy (non-hydrogen) atoms. The van der Waals surface area contributed by atoms with Crippen LogP contribution in [-0.2, 0) is 16.1 Å². The van der Waals surface area contributed by atoms with Gasteiger partial charge >= 0.3 is 5.97 Å². The number of carbonyl (C=O) groups excluding carboxylic acids is 2. The predicted molar refractivity (Wildman–Crippen MR) is 193 cm³/mol. The molecular weight excluding hydrogens is 651 g/mol. The van der Waals surface area contributed by atoms with E-state index in [2.05, 4.69) is 54.1 Å². The molecule has 0 saturated heterocycles. The normalized spacial score (nSPS) is 13.7. The van der Waals surface area contributed by atoms with Crippen molar-refractivity contribution >= 4 is 34.2 Å². The summed E-state index contributed by atoms with van der Waals surface area (Å²) in [4.78, 5) is 30.3. The van der Waals surface area contributed by atoms with Crippen LogP contribution in [0.3, 0.4) is 0 Å². The lowest BCUT2D eigenvalue weighted by molar-refractivity contribution is -0.153. The zero-order valence-corrected chi connectivity index (χ0v) is 29.1. The molecule has 1 aliphatic carbocycles. The molecule has 3 aromatic carbocycles. The summed E-state index contributed by atoms with van der Waals surface area (Å²) in [6.07, 6.45) is 5.92. The number of benzene rings is 3. The standard InChI is InChI=1S/C38H39N7O4S/c1-38(2,3)49-34(46)21-39-37(47)26-11-15-31(27-17-18-50-23-27)28(19-26)22-48-30-13-9-24(10-14-30)36-40-32-20-25(35-41-43-44-42-35)12-16-33(32)45(36)29-7-5-4-6-8-29/h9-20,23,29H,4-8,21-22H2,1-3H3,(H,39,47)(H,41,42,43,44). The van der Waals surface area contributed by atoms with Gasteiger partial charge in [-0.05, 0) is 127 Å². The van der Waals surface area contributed by atoms with Crippen molar-refractivity contribution in [3.63, 3.8) is 0 Å². The van der Waals surface area contributed by atoms with Gasteiger partial charge in [0.1, 0.15) is 30.3 Å². The zero-order chi connectivity index (χ0) is 34.7. The van der Waals surface area contributed by atoms with Crippen LogP contribution in [0.25, 0.3) is 44.9 Å². The number of nitrogens with one attached hydrogen (secondary N) is 2. The van der Waals surface area contributed by atoms with Crippen LogP contribution in [-0.4, -0.2) is 54.2 Å². The molecule has 11 nitrogen and oxygen atoms in total. The Morgan fingerprint density at radius 2 is 1.76 bits per heavy atom. The summed E-state index contributed by atoms with van der Waals surface area (Å²) in [5.74, 6) is 1.31. The Hall–Kier alpha value is -5.36. The van der Waals surface area contributed by atoms with E-state index in [0.29, 0.717) is 23.2 Å². The van der Waals surface area contributed by atoms with E-state index in [9.17, 15) is 9.59 Å². The van der Waals surface area contributed by atoms with Crippen molar-refractivity contribution in [2.45, 2.75) is 71.1 Å². The number of hydrogen-bond acceptors (Lipinski definition) is 9. The maximum Gasteiger partial charge on any atom is 0.325 e. The van der Waals surface area contributed by atoms with Crippen LogP contribution in [0.15, 0.2) is 77.5 Å². The molecule has 3 heterocycles. The molecule has 256 valence electrons. The number of tetrazole rings is 1. The van der Waals surface area contributed by atoms with Gasteiger partial charge in [-0.2, -0.15) is 16.6 Å². The van der Waals surface area contributed by atoms with Crippen molar-refractivity contribution in [2.24, 2.45) is 0 Å². The van der Waals surface area contributed by atoms with Crippen molar-refractivity contribution in [1.82, 2.24) is 35.5 Å². The van der Waals surface area contributed by atoms with E-state index in [1.54, 1.807) is 38.2 Å². The Balaban J connectivity index is 1.12. The van der Waals surface area contributed by atoms with Crippen LogP contribution in [0.1, 0.15) is 74.8 Å². The van der Waals surface area contributed by atoms with E-state index in [0.717, 1.165) is 57.5 Å². The topological polar surface area (TPSA) is 137 Å². The Labute approximate surface area is 294 Å². The van der Waals surface area contributed by atoms with Gasteiger partial charge in [-0.25, -0.2) is 4.98 Å². The zero-order valence-electron chi connectivity index (χ0n) is 28.3. The van der Waals surface area contributed by atoms with Crippen molar-refractivity contribution in [3.8, 4) is 39.7 Å². The van der Waals surface area contributed by atoms with E-state index in [4.69, 9.17) is 14.5 Å². The molecule has 3 aromatic heterocycles. The molecule has 0 bridgehead atoms. The largest absolute Gasteiger partial charge is 0.489 e. The van der Waals surface area contributed by atoms with E-state index >= 15 is 0 Å². The first kappa shape index (κ1) is 33.2. The second-order valence-electron chi connectivity index (χ2n) is 13.5. The number of carbonyl (C=O) groups is 2. The first-order valence-electron chi connectivity index (χ1n) is 16.9. The fourth-order valence-electron chi connectivity index (χ4n) is 6.48. The SMILES string of the molecule is CC(C)(C)OC(=O)CNC(=O)c1ccc(-c2ccsc2)c(COc2ccc(-c3nc4cc(-c5nn[nH]n5)ccc4n3C3CCCCC3)cc2)c1. The highest BCUT2D eigenvalue weighted by Crippen LogP contribution is 2.37. The molecule has 0 aliphatic heterocycles. The number of aromatic nitrogens is 6. The van der Waals surface area contributed by atoms with Crippen LogP contribution >= 0.6 is 11.3 Å². The smallest absolute Gasteiger partial charge is 0.325 e. The molecule has 0 radical (unpaired) electrons.